The molecule has 1 aromatic heterocycles. The van der Waals surface area contributed by atoms with Crippen LogP contribution in [0.4, 0.5) is 5.69 Å². The summed E-state index contributed by atoms with van der Waals surface area (Å²) < 4.78 is 5.78. The summed E-state index contributed by atoms with van der Waals surface area (Å²) in [5.74, 6) is 0. The number of anilines is 1. The van der Waals surface area contributed by atoms with Crippen LogP contribution < -0.4 is 5.32 Å². The van der Waals surface area contributed by atoms with Crippen molar-refractivity contribution in [1.82, 2.24) is 4.98 Å². The highest BCUT2D eigenvalue weighted by Crippen LogP contribution is 2.44. The first-order valence-corrected chi connectivity index (χ1v) is 7.34. The molecule has 2 aromatic rings. The Labute approximate surface area is 120 Å². The van der Waals surface area contributed by atoms with Crippen molar-refractivity contribution in [2.75, 3.05) is 11.9 Å². The van der Waals surface area contributed by atoms with Gasteiger partial charge < -0.3 is 10.1 Å². The third-order valence-corrected chi connectivity index (χ3v) is 4.49. The molecule has 2 atom stereocenters. The molecule has 1 aliphatic rings. The van der Waals surface area contributed by atoms with Gasteiger partial charge >= 0.3 is 0 Å². The van der Waals surface area contributed by atoms with E-state index in [0.717, 1.165) is 18.5 Å². The Bertz CT molecular complexity index is 609. The summed E-state index contributed by atoms with van der Waals surface area (Å²) in [5.41, 5.74) is 2.39. The van der Waals surface area contributed by atoms with E-state index in [1.807, 2.05) is 12.3 Å². The summed E-state index contributed by atoms with van der Waals surface area (Å²) in [6, 6.07) is 10.9. The molecule has 1 saturated carbocycles. The SMILES string of the molecule is CCOC1CC(Nc2ccc3ncccc3c2)C1(C)C. The summed E-state index contributed by atoms with van der Waals surface area (Å²) in [4.78, 5) is 4.35. The van der Waals surface area contributed by atoms with Crippen LogP contribution in [-0.2, 0) is 4.74 Å². The number of ether oxygens (including phenoxy) is 1. The minimum absolute atomic E-state index is 0.180. The molecule has 0 bridgehead atoms. The highest BCUT2D eigenvalue weighted by Gasteiger charge is 2.48. The normalized spacial score (nSPS) is 24.4. The second-order valence-electron chi connectivity index (χ2n) is 6.11. The fraction of sp³-hybridized carbons (Fsp3) is 0.471. The van der Waals surface area contributed by atoms with Crippen LogP contribution in [0.1, 0.15) is 27.2 Å². The van der Waals surface area contributed by atoms with Crippen molar-refractivity contribution >= 4 is 16.6 Å². The van der Waals surface area contributed by atoms with Gasteiger partial charge in [-0.25, -0.2) is 0 Å². The Morgan fingerprint density at radius 2 is 2.20 bits per heavy atom. The molecule has 1 aromatic carbocycles. The fourth-order valence-corrected chi connectivity index (χ4v) is 2.98. The minimum Gasteiger partial charge on any atom is -0.382 e. The fourth-order valence-electron chi connectivity index (χ4n) is 2.98. The van der Waals surface area contributed by atoms with Crippen LogP contribution >= 0.6 is 0 Å². The Kier molecular flexibility index (Phi) is 3.38. The third kappa shape index (κ3) is 2.27. The van der Waals surface area contributed by atoms with Crippen molar-refractivity contribution < 1.29 is 4.74 Å². The van der Waals surface area contributed by atoms with Crippen LogP contribution in [0.2, 0.25) is 0 Å². The molecule has 3 nitrogen and oxygen atoms in total. The molecule has 106 valence electrons. The number of nitrogens with zero attached hydrogens (tertiary/aromatic N) is 1. The van der Waals surface area contributed by atoms with Crippen LogP contribution in [-0.4, -0.2) is 23.7 Å². The predicted octanol–water partition coefficient (Wildman–Crippen LogP) is 3.85. The first kappa shape index (κ1) is 13.4. The zero-order valence-electron chi connectivity index (χ0n) is 12.4. The molecule has 0 radical (unpaired) electrons. The van der Waals surface area contributed by atoms with E-state index in [2.05, 4.69) is 55.3 Å². The highest BCUT2D eigenvalue weighted by molar-refractivity contribution is 5.82. The van der Waals surface area contributed by atoms with Crippen molar-refractivity contribution in [1.29, 1.82) is 0 Å². The molecule has 0 aliphatic heterocycles. The highest BCUT2D eigenvalue weighted by atomic mass is 16.5. The Hall–Kier alpha value is -1.61. The number of rotatable bonds is 4. The monoisotopic (exact) mass is 270 g/mol. The van der Waals surface area contributed by atoms with Crippen molar-refractivity contribution in [2.24, 2.45) is 5.41 Å². The van der Waals surface area contributed by atoms with E-state index in [1.165, 1.54) is 11.1 Å². The first-order chi connectivity index (χ1) is 9.61. The maximum atomic E-state index is 5.78. The molecule has 2 unspecified atom stereocenters. The maximum absolute atomic E-state index is 5.78. The van der Waals surface area contributed by atoms with Gasteiger partial charge in [0.05, 0.1) is 11.6 Å². The smallest absolute Gasteiger partial charge is 0.0703 e. The molecular formula is C17H22N2O. The summed E-state index contributed by atoms with van der Waals surface area (Å²) >= 11 is 0. The van der Waals surface area contributed by atoms with Gasteiger partial charge in [0.15, 0.2) is 0 Å². The lowest BCUT2D eigenvalue weighted by Gasteiger charge is -2.52. The van der Waals surface area contributed by atoms with Gasteiger partial charge in [0.25, 0.3) is 0 Å². The average Bonchev–Trinajstić information content (AvgIpc) is 2.46. The van der Waals surface area contributed by atoms with Gasteiger partial charge in [-0.15, -0.1) is 0 Å². The molecule has 0 spiro atoms. The van der Waals surface area contributed by atoms with Crippen LogP contribution in [0, 0.1) is 5.41 Å². The zero-order valence-corrected chi connectivity index (χ0v) is 12.4. The molecule has 3 rings (SSSR count). The molecular weight excluding hydrogens is 248 g/mol. The summed E-state index contributed by atoms with van der Waals surface area (Å²) in [6.45, 7) is 7.41. The maximum Gasteiger partial charge on any atom is 0.0703 e. The summed E-state index contributed by atoms with van der Waals surface area (Å²) in [6.07, 6.45) is 3.27. The topological polar surface area (TPSA) is 34.1 Å². The zero-order chi connectivity index (χ0) is 14.2. The van der Waals surface area contributed by atoms with Crippen LogP contribution in [0.5, 0.6) is 0 Å². The molecule has 1 fully saturated rings. The largest absolute Gasteiger partial charge is 0.382 e. The van der Waals surface area contributed by atoms with E-state index in [1.54, 1.807) is 0 Å². The Morgan fingerprint density at radius 3 is 2.95 bits per heavy atom. The lowest BCUT2D eigenvalue weighted by atomic mass is 9.64. The van der Waals surface area contributed by atoms with Gasteiger partial charge in [-0.05, 0) is 37.6 Å². The lowest BCUT2D eigenvalue weighted by Crippen LogP contribution is -2.58. The van der Waals surface area contributed by atoms with Crippen molar-refractivity contribution in [3.8, 4) is 0 Å². The number of aromatic nitrogens is 1. The van der Waals surface area contributed by atoms with Crippen molar-refractivity contribution in [3.63, 3.8) is 0 Å². The number of benzene rings is 1. The molecule has 1 N–H and O–H groups in total. The first-order valence-electron chi connectivity index (χ1n) is 7.34. The van der Waals surface area contributed by atoms with Crippen molar-refractivity contribution in [3.05, 3.63) is 36.5 Å². The molecule has 1 heterocycles. The standard InChI is InChI=1S/C17H22N2O/c1-4-20-16-11-15(17(16,2)3)19-13-7-8-14-12(10-13)6-5-9-18-14/h5-10,15-16,19H,4,11H2,1-3H3. The van der Waals surface area contributed by atoms with E-state index in [0.29, 0.717) is 12.1 Å². The lowest BCUT2D eigenvalue weighted by molar-refractivity contribution is -0.0975. The van der Waals surface area contributed by atoms with E-state index in [4.69, 9.17) is 4.74 Å². The van der Waals surface area contributed by atoms with E-state index >= 15 is 0 Å². The molecule has 1 aliphatic carbocycles. The number of fused-ring (bicyclic) bond motifs is 1. The van der Waals surface area contributed by atoms with Crippen LogP contribution in [0.3, 0.4) is 0 Å². The van der Waals surface area contributed by atoms with Gasteiger partial charge in [-0.1, -0.05) is 19.9 Å². The number of hydrogen-bond donors (Lipinski definition) is 1. The van der Waals surface area contributed by atoms with Gasteiger partial charge in [-0.3, -0.25) is 4.98 Å². The molecule has 0 saturated heterocycles. The van der Waals surface area contributed by atoms with Gasteiger partial charge in [0.1, 0.15) is 0 Å². The molecule has 0 amide bonds. The minimum atomic E-state index is 0.180. The predicted molar refractivity (Wildman–Crippen MR) is 83.0 cm³/mol. The number of nitrogens with one attached hydrogen (secondary N) is 1. The molecule has 20 heavy (non-hydrogen) atoms. The van der Waals surface area contributed by atoms with Crippen LogP contribution in [0.15, 0.2) is 36.5 Å². The average molecular weight is 270 g/mol. The summed E-state index contributed by atoms with van der Waals surface area (Å²) in [5, 5.41) is 4.82. The van der Waals surface area contributed by atoms with Crippen molar-refractivity contribution in [2.45, 2.75) is 39.3 Å². The molecule has 3 heteroatoms. The van der Waals surface area contributed by atoms with E-state index in [9.17, 15) is 0 Å². The second-order valence-corrected chi connectivity index (χ2v) is 6.11. The third-order valence-electron chi connectivity index (χ3n) is 4.49. The van der Waals surface area contributed by atoms with E-state index < -0.39 is 0 Å². The van der Waals surface area contributed by atoms with Gasteiger partial charge in [0.2, 0.25) is 0 Å². The Balaban J connectivity index is 1.74. The number of hydrogen-bond acceptors (Lipinski definition) is 3. The van der Waals surface area contributed by atoms with E-state index in [-0.39, 0.29) is 5.41 Å². The quantitative estimate of drug-likeness (QED) is 0.916. The number of pyridine rings is 1. The van der Waals surface area contributed by atoms with Crippen LogP contribution in [0.25, 0.3) is 10.9 Å². The van der Waals surface area contributed by atoms with Gasteiger partial charge in [-0.2, -0.15) is 0 Å². The van der Waals surface area contributed by atoms with Gasteiger partial charge in [0, 0.05) is 35.3 Å². The second kappa shape index (κ2) is 5.06. The summed E-state index contributed by atoms with van der Waals surface area (Å²) in [7, 11) is 0. The Morgan fingerprint density at radius 1 is 1.35 bits per heavy atom.